The topological polar surface area (TPSA) is 228 Å². The fourth-order valence-electron chi connectivity index (χ4n) is 11.5. The molecule has 0 aromatic rings. The van der Waals surface area contributed by atoms with Crippen molar-refractivity contribution in [1.29, 1.82) is 0 Å². The number of aliphatic hydroxyl groups excluding tert-OH is 8. The third kappa shape index (κ3) is 36.5. The number of unbranched alkanes of at least 4 members (excludes halogenated alkanes) is 43. The highest BCUT2D eigenvalue weighted by atomic mass is 16.7. The third-order valence-electron chi connectivity index (χ3n) is 17.0. The molecule has 14 nitrogen and oxygen atoms in total. The summed E-state index contributed by atoms with van der Waals surface area (Å²) in [6.45, 7) is 2.86. The number of hydrogen-bond donors (Lipinski definition) is 9. The van der Waals surface area contributed by atoms with Crippen LogP contribution in [0.25, 0.3) is 0 Å². The fourth-order valence-corrected chi connectivity index (χ4v) is 11.5. The van der Waals surface area contributed by atoms with Crippen molar-refractivity contribution in [1.82, 2.24) is 5.32 Å². The van der Waals surface area contributed by atoms with E-state index >= 15 is 0 Å². The Labute approximate surface area is 488 Å². The van der Waals surface area contributed by atoms with Crippen molar-refractivity contribution < 1.29 is 64.6 Å². The molecule has 12 unspecified atom stereocenters. The van der Waals surface area contributed by atoms with Crippen LogP contribution in [0.4, 0.5) is 0 Å². The molecule has 14 heteroatoms. The van der Waals surface area contributed by atoms with Crippen LogP contribution in [0.1, 0.15) is 309 Å². The highest BCUT2D eigenvalue weighted by molar-refractivity contribution is 5.76. The molecule has 0 bridgehead atoms. The second-order valence-electron chi connectivity index (χ2n) is 24.3. The number of carbonyl (C=O) groups is 1. The first kappa shape index (κ1) is 74.8. The summed E-state index contributed by atoms with van der Waals surface area (Å²) < 4.78 is 22.9. The molecule has 474 valence electrons. The van der Waals surface area contributed by atoms with Gasteiger partial charge in [0.25, 0.3) is 0 Å². The summed E-state index contributed by atoms with van der Waals surface area (Å²) >= 11 is 0. The molecule has 2 fully saturated rings. The standard InChI is InChI=1S/C66H127NO13/c1-3-5-7-9-11-13-15-17-19-21-23-25-27-29-31-33-35-37-39-41-43-45-47-49-55(70)54(53-77-65-63(76)61(74)64(57(52-69)79-65)80-66-62(75)60(73)59(72)56(51-68)78-66)67-58(71)50-48-46-44-42-40-38-36-34-32-30-28-26-24-22-20-18-16-14-12-10-8-6-4-2/h47,49,54-57,59-66,68-70,72-76H,3-46,48,50-53H2,1-2H3,(H,67,71)/b49-47+. The van der Waals surface area contributed by atoms with E-state index in [-0.39, 0.29) is 18.9 Å². The maximum absolute atomic E-state index is 13.3. The second kappa shape index (κ2) is 52.1. The van der Waals surface area contributed by atoms with Crippen LogP contribution in [0.5, 0.6) is 0 Å². The van der Waals surface area contributed by atoms with Crippen LogP contribution < -0.4 is 5.32 Å². The monoisotopic (exact) mass is 1140 g/mol. The van der Waals surface area contributed by atoms with Gasteiger partial charge in [-0.2, -0.15) is 0 Å². The van der Waals surface area contributed by atoms with Gasteiger partial charge in [0.15, 0.2) is 12.6 Å². The van der Waals surface area contributed by atoms with E-state index in [9.17, 15) is 45.6 Å². The lowest BCUT2D eigenvalue weighted by molar-refractivity contribution is -0.359. The van der Waals surface area contributed by atoms with E-state index in [0.717, 1.165) is 38.5 Å². The SMILES string of the molecule is CCCCCCCCCCCCCCCCCCCCCCC/C=C/C(O)C(COC1OC(CO)C(OC2OC(CO)C(O)C(O)C2O)C(O)C1O)NC(=O)CCCCCCCCCCCCCCCCCCCCCCCCC. The summed E-state index contributed by atoms with van der Waals surface area (Å²) in [5, 5.41) is 87.4. The van der Waals surface area contributed by atoms with E-state index in [1.54, 1.807) is 6.08 Å². The van der Waals surface area contributed by atoms with E-state index < -0.39 is 86.8 Å². The smallest absolute Gasteiger partial charge is 0.220 e. The fraction of sp³-hybridized carbons (Fsp3) is 0.955. The predicted molar refractivity (Wildman–Crippen MR) is 323 cm³/mol. The van der Waals surface area contributed by atoms with Gasteiger partial charge in [0, 0.05) is 6.42 Å². The first-order valence-corrected chi connectivity index (χ1v) is 33.9. The zero-order valence-corrected chi connectivity index (χ0v) is 51.4. The Morgan fingerprint density at radius 3 is 1.15 bits per heavy atom. The summed E-state index contributed by atoms with van der Waals surface area (Å²) in [5.74, 6) is -0.231. The number of ether oxygens (including phenoxy) is 4. The van der Waals surface area contributed by atoms with Crippen LogP contribution in [-0.2, 0) is 23.7 Å². The van der Waals surface area contributed by atoms with E-state index in [1.165, 1.54) is 244 Å². The van der Waals surface area contributed by atoms with Gasteiger partial charge in [-0.25, -0.2) is 0 Å². The Morgan fingerprint density at radius 2 is 0.775 bits per heavy atom. The molecule has 9 N–H and O–H groups in total. The first-order valence-electron chi connectivity index (χ1n) is 33.9. The molecule has 0 aliphatic carbocycles. The lowest BCUT2D eigenvalue weighted by Crippen LogP contribution is -2.65. The Kier molecular flexibility index (Phi) is 48.7. The molecule has 0 radical (unpaired) electrons. The predicted octanol–water partition coefficient (Wildman–Crippen LogP) is 13.0. The van der Waals surface area contributed by atoms with Crippen molar-refractivity contribution in [3.05, 3.63) is 12.2 Å². The third-order valence-corrected chi connectivity index (χ3v) is 17.0. The largest absolute Gasteiger partial charge is 0.394 e. The van der Waals surface area contributed by atoms with Gasteiger partial charge in [0.05, 0.1) is 32.0 Å². The minimum Gasteiger partial charge on any atom is -0.394 e. The van der Waals surface area contributed by atoms with Gasteiger partial charge in [-0.15, -0.1) is 0 Å². The summed E-state index contributed by atoms with van der Waals surface area (Å²) in [4.78, 5) is 13.3. The Bertz CT molecular complexity index is 1390. The summed E-state index contributed by atoms with van der Waals surface area (Å²) in [7, 11) is 0. The second-order valence-corrected chi connectivity index (χ2v) is 24.3. The highest BCUT2D eigenvalue weighted by Gasteiger charge is 2.51. The lowest BCUT2D eigenvalue weighted by Gasteiger charge is -2.46. The Morgan fingerprint density at radius 1 is 0.438 bits per heavy atom. The number of carbonyl (C=O) groups excluding carboxylic acids is 1. The number of allylic oxidation sites excluding steroid dienone is 1. The molecule has 2 aliphatic rings. The maximum Gasteiger partial charge on any atom is 0.220 e. The molecular weight excluding hydrogens is 1010 g/mol. The molecule has 0 saturated carbocycles. The summed E-state index contributed by atoms with van der Waals surface area (Å²) in [5.41, 5.74) is 0. The van der Waals surface area contributed by atoms with Crippen molar-refractivity contribution in [2.45, 2.75) is 383 Å². The summed E-state index contributed by atoms with van der Waals surface area (Å²) in [6.07, 6.45) is 45.4. The molecule has 2 saturated heterocycles. The lowest BCUT2D eigenvalue weighted by atomic mass is 9.97. The molecular formula is C66H127NO13. The molecule has 1 amide bonds. The zero-order valence-electron chi connectivity index (χ0n) is 51.4. The van der Waals surface area contributed by atoms with Crippen molar-refractivity contribution in [2.24, 2.45) is 0 Å². The van der Waals surface area contributed by atoms with Crippen LogP contribution in [-0.4, -0.2) is 140 Å². The van der Waals surface area contributed by atoms with Gasteiger partial charge in [-0.1, -0.05) is 296 Å². The maximum atomic E-state index is 13.3. The zero-order chi connectivity index (χ0) is 58.1. The van der Waals surface area contributed by atoms with Crippen LogP contribution in [0.2, 0.25) is 0 Å². The number of nitrogens with one attached hydrogen (secondary N) is 1. The van der Waals surface area contributed by atoms with E-state index in [2.05, 4.69) is 19.2 Å². The molecule has 2 heterocycles. The minimum absolute atomic E-state index is 0.231. The van der Waals surface area contributed by atoms with E-state index in [1.807, 2.05) is 6.08 Å². The number of hydrogen-bond acceptors (Lipinski definition) is 13. The van der Waals surface area contributed by atoms with Gasteiger partial charge in [-0.3, -0.25) is 4.79 Å². The van der Waals surface area contributed by atoms with Crippen LogP contribution in [0.3, 0.4) is 0 Å². The minimum atomic E-state index is -1.79. The molecule has 12 atom stereocenters. The molecule has 0 spiro atoms. The average molecular weight is 1140 g/mol. The van der Waals surface area contributed by atoms with Crippen molar-refractivity contribution in [3.8, 4) is 0 Å². The molecule has 2 rings (SSSR count). The Balaban J connectivity index is 1.70. The quantitative estimate of drug-likeness (QED) is 0.0204. The Hall–Kier alpha value is -1.27. The van der Waals surface area contributed by atoms with Gasteiger partial charge >= 0.3 is 0 Å². The van der Waals surface area contributed by atoms with Crippen LogP contribution >= 0.6 is 0 Å². The van der Waals surface area contributed by atoms with Gasteiger partial charge in [0.2, 0.25) is 5.91 Å². The number of rotatable bonds is 56. The van der Waals surface area contributed by atoms with Crippen LogP contribution in [0, 0.1) is 0 Å². The van der Waals surface area contributed by atoms with Crippen LogP contribution in [0.15, 0.2) is 12.2 Å². The molecule has 0 aromatic carbocycles. The molecule has 80 heavy (non-hydrogen) atoms. The normalized spacial score (nSPS) is 24.2. The van der Waals surface area contributed by atoms with E-state index in [4.69, 9.17) is 18.9 Å². The highest BCUT2D eigenvalue weighted by Crippen LogP contribution is 2.30. The molecule has 0 aromatic heterocycles. The van der Waals surface area contributed by atoms with Gasteiger partial charge in [-0.05, 0) is 19.3 Å². The number of amides is 1. The average Bonchev–Trinajstić information content (AvgIpc) is 3.46. The molecule has 2 aliphatic heterocycles. The first-order chi connectivity index (χ1) is 39.1. The van der Waals surface area contributed by atoms with Crippen molar-refractivity contribution in [2.75, 3.05) is 19.8 Å². The summed E-state index contributed by atoms with van der Waals surface area (Å²) in [6, 6.07) is -0.911. The van der Waals surface area contributed by atoms with Gasteiger partial charge < -0.3 is 65.1 Å². The number of aliphatic hydroxyl groups is 8. The van der Waals surface area contributed by atoms with Crippen molar-refractivity contribution in [3.63, 3.8) is 0 Å². The van der Waals surface area contributed by atoms with Crippen molar-refractivity contribution >= 4 is 5.91 Å². The van der Waals surface area contributed by atoms with Gasteiger partial charge in [0.1, 0.15) is 48.8 Å². The van der Waals surface area contributed by atoms with E-state index in [0.29, 0.717) is 6.42 Å².